The highest BCUT2D eigenvalue weighted by Gasteiger charge is 2.10. The zero-order valence-electron chi connectivity index (χ0n) is 10.3. The van der Waals surface area contributed by atoms with E-state index in [-0.39, 0.29) is 5.78 Å². The van der Waals surface area contributed by atoms with Crippen molar-refractivity contribution >= 4 is 22.3 Å². The Bertz CT molecular complexity index is 347. The van der Waals surface area contributed by atoms with Crippen molar-refractivity contribution in [1.29, 1.82) is 0 Å². The molecule has 1 aromatic rings. The van der Waals surface area contributed by atoms with Gasteiger partial charge in [0.05, 0.1) is 10.6 Å². The Morgan fingerprint density at radius 1 is 1.38 bits per heavy atom. The molecule has 0 amide bonds. The van der Waals surface area contributed by atoms with E-state index in [2.05, 4.69) is 17.2 Å². The standard InChI is InChI=1S/C12H20N2OS/c1-4-5-6-7-8-13-12-14-9(2)11(16-12)10(3)15/h4-8H2,1-3H3,(H,13,14). The zero-order valence-corrected chi connectivity index (χ0v) is 11.1. The number of ketones is 1. The van der Waals surface area contributed by atoms with Crippen molar-refractivity contribution in [3.8, 4) is 0 Å². The molecule has 1 N–H and O–H groups in total. The minimum atomic E-state index is 0.106. The average Bonchev–Trinajstić information content (AvgIpc) is 2.59. The summed E-state index contributed by atoms with van der Waals surface area (Å²) in [6.07, 6.45) is 4.97. The first-order chi connectivity index (χ1) is 7.65. The monoisotopic (exact) mass is 240 g/mol. The number of nitrogens with one attached hydrogen (secondary N) is 1. The third kappa shape index (κ3) is 3.93. The molecule has 3 nitrogen and oxygen atoms in total. The molecular formula is C12H20N2OS. The molecule has 0 fully saturated rings. The minimum Gasteiger partial charge on any atom is -0.361 e. The molecule has 4 heteroatoms. The fourth-order valence-electron chi connectivity index (χ4n) is 1.55. The maximum atomic E-state index is 11.2. The summed E-state index contributed by atoms with van der Waals surface area (Å²) >= 11 is 1.46. The Labute approximate surface area is 101 Å². The fourth-order valence-corrected chi connectivity index (χ4v) is 2.43. The second-order valence-corrected chi connectivity index (χ2v) is 4.98. The molecule has 16 heavy (non-hydrogen) atoms. The van der Waals surface area contributed by atoms with Crippen LogP contribution in [0.25, 0.3) is 0 Å². The molecule has 0 radical (unpaired) electrons. The van der Waals surface area contributed by atoms with Crippen molar-refractivity contribution in [3.63, 3.8) is 0 Å². The van der Waals surface area contributed by atoms with Gasteiger partial charge in [-0.25, -0.2) is 4.98 Å². The van der Waals surface area contributed by atoms with Crippen molar-refractivity contribution < 1.29 is 4.79 Å². The van der Waals surface area contributed by atoms with Crippen LogP contribution < -0.4 is 5.32 Å². The lowest BCUT2D eigenvalue weighted by Crippen LogP contribution is -2.00. The second-order valence-electron chi connectivity index (χ2n) is 3.98. The maximum Gasteiger partial charge on any atom is 0.183 e. The summed E-state index contributed by atoms with van der Waals surface area (Å²) in [5.74, 6) is 0.106. The molecule has 0 aliphatic carbocycles. The topological polar surface area (TPSA) is 42.0 Å². The highest BCUT2D eigenvalue weighted by molar-refractivity contribution is 7.17. The number of anilines is 1. The minimum absolute atomic E-state index is 0.106. The fraction of sp³-hybridized carbons (Fsp3) is 0.667. The Kier molecular flexibility index (Phi) is 5.46. The van der Waals surface area contributed by atoms with Crippen molar-refractivity contribution in [1.82, 2.24) is 4.98 Å². The first-order valence-corrected chi connectivity index (χ1v) is 6.69. The number of thiazole rings is 1. The molecule has 1 heterocycles. The molecule has 0 saturated heterocycles. The van der Waals surface area contributed by atoms with E-state index >= 15 is 0 Å². The van der Waals surface area contributed by atoms with Crippen molar-refractivity contribution in [3.05, 3.63) is 10.6 Å². The van der Waals surface area contributed by atoms with E-state index in [1.807, 2.05) is 6.92 Å². The lowest BCUT2D eigenvalue weighted by atomic mass is 10.2. The van der Waals surface area contributed by atoms with E-state index in [0.29, 0.717) is 0 Å². The van der Waals surface area contributed by atoms with Crippen molar-refractivity contribution in [2.24, 2.45) is 0 Å². The first-order valence-electron chi connectivity index (χ1n) is 5.87. The third-order valence-corrected chi connectivity index (χ3v) is 3.64. The number of Topliss-reactive ketones (excluding diaryl/α,β-unsaturated/α-hetero) is 1. The normalized spacial score (nSPS) is 10.4. The van der Waals surface area contributed by atoms with Gasteiger partial charge in [0.1, 0.15) is 0 Å². The molecule has 1 rings (SSSR count). The Hall–Kier alpha value is -0.900. The van der Waals surface area contributed by atoms with Gasteiger partial charge in [-0.15, -0.1) is 0 Å². The summed E-state index contributed by atoms with van der Waals surface area (Å²) in [6, 6.07) is 0. The molecule has 0 spiro atoms. The van der Waals surface area contributed by atoms with Gasteiger partial charge in [-0.05, 0) is 13.3 Å². The molecule has 0 bridgehead atoms. The highest BCUT2D eigenvalue weighted by Crippen LogP contribution is 2.22. The van der Waals surface area contributed by atoms with E-state index in [1.165, 1.54) is 37.0 Å². The van der Waals surface area contributed by atoms with Crippen LogP contribution in [-0.4, -0.2) is 17.3 Å². The van der Waals surface area contributed by atoms with Crippen LogP contribution >= 0.6 is 11.3 Å². The average molecular weight is 240 g/mol. The number of hydrogen-bond donors (Lipinski definition) is 1. The van der Waals surface area contributed by atoms with E-state index in [0.717, 1.165) is 22.2 Å². The first kappa shape index (κ1) is 13.2. The molecular weight excluding hydrogens is 220 g/mol. The van der Waals surface area contributed by atoms with Crippen molar-refractivity contribution in [2.45, 2.75) is 46.5 Å². The van der Waals surface area contributed by atoms with Crippen LogP contribution in [-0.2, 0) is 0 Å². The number of aryl methyl sites for hydroxylation is 1. The van der Waals surface area contributed by atoms with Crippen LogP contribution in [0.2, 0.25) is 0 Å². The summed E-state index contributed by atoms with van der Waals surface area (Å²) in [5.41, 5.74) is 0.841. The quantitative estimate of drug-likeness (QED) is 0.584. The van der Waals surface area contributed by atoms with Gasteiger partial charge in [0, 0.05) is 13.5 Å². The Morgan fingerprint density at radius 3 is 2.69 bits per heavy atom. The Morgan fingerprint density at radius 2 is 2.12 bits per heavy atom. The maximum absolute atomic E-state index is 11.2. The molecule has 90 valence electrons. The zero-order chi connectivity index (χ0) is 12.0. The van der Waals surface area contributed by atoms with Crippen LogP contribution in [0.1, 0.15) is 54.9 Å². The lowest BCUT2D eigenvalue weighted by Gasteiger charge is -2.01. The lowest BCUT2D eigenvalue weighted by molar-refractivity contribution is 0.102. The van der Waals surface area contributed by atoms with Gasteiger partial charge < -0.3 is 5.32 Å². The molecule has 0 unspecified atom stereocenters. The molecule has 1 aromatic heterocycles. The third-order valence-electron chi connectivity index (χ3n) is 2.42. The summed E-state index contributed by atoms with van der Waals surface area (Å²) < 4.78 is 0. The number of carbonyl (C=O) groups excluding carboxylic acids is 1. The van der Waals surface area contributed by atoms with Gasteiger partial charge in [-0.2, -0.15) is 0 Å². The predicted octanol–water partition coefficient (Wildman–Crippen LogP) is 3.65. The van der Waals surface area contributed by atoms with Gasteiger partial charge in [0.15, 0.2) is 10.9 Å². The summed E-state index contributed by atoms with van der Waals surface area (Å²) in [4.78, 5) is 16.3. The van der Waals surface area contributed by atoms with E-state index < -0.39 is 0 Å². The second kappa shape index (κ2) is 6.63. The van der Waals surface area contributed by atoms with Crippen molar-refractivity contribution in [2.75, 3.05) is 11.9 Å². The van der Waals surface area contributed by atoms with E-state index in [1.54, 1.807) is 6.92 Å². The van der Waals surface area contributed by atoms with Crippen LogP contribution in [0, 0.1) is 6.92 Å². The van der Waals surface area contributed by atoms with Gasteiger partial charge in [-0.3, -0.25) is 4.79 Å². The van der Waals surface area contributed by atoms with Crippen LogP contribution in [0.5, 0.6) is 0 Å². The summed E-state index contributed by atoms with van der Waals surface area (Å²) in [5, 5.41) is 4.15. The number of rotatable bonds is 7. The predicted molar refractivity (Wildman–Crippen MR) is 69.5 cm³/mol. The van der Waals surface area contributed by atoms with E-state index in [9.17, 15) is 4.79 Å². The van der Waals surface area contributed by atoms with Gasteiger partial charge in [0.25, 0.3) is 0 Å². The number of aromatic nitrogens is 1. The van der Waals surface area contributed by atoms with Gasteiger partial charge in [0.2, 0.25) is 0 Å². The van der Waals surface area contributed by atoms with Gasteiger partial charge in [-0.1, -0.05) is 37.5 Å². The molecule has 0 aliphatic heterocycles. The van der Waals surface area contributed by atoms with Crippen LogP contribution in [0.15, 0.2) is 0 Å². The van der Waals surface area contributed by atoms with Crippen LogP contribution in [0.3, 0.4) is 0 Å². The molecule has 0 atom stereocenters. The summed E-state index contributed by atoms with van der Waals surface area (Å²) in [7, 11) is 0. The largest absolute Gasteiger partial charge is 0.361 e. The summed E-state index contributed by atoms with van der Waals surface area (Å²) in [6.45, 7) is 6.63. The number of hydrogen-bond acceptors (Lipinski definition) is 4. The Balaban J connectivity index is 2.37. The SMILES string of the molecule is CCCCCCNc1nc(C)c(C(C)=O)s1. The molecule has 0 saturated carbocycles. The highest BCUT2D eigenvalue weighted by atomic mass is 32.1. The molecule has 0 aliphatic rings. The smallest absolute Gasteiger partial charge is 0.183 e. The number of nitrogens with zero attached hydrogens (tertiary/aromatic N) is 1. The molecule has 0 aromatic carbocycles. The van der Waals surface area contributed by atoms with Gasteiger partial charge >= 0.3 is 0 Å². The number of unbranched alkanes of at least 4 members (excludes halogenated alkanes) is 3. The van der Waals surface area contributed by atoms with Crippen LogP contribution in [0.4, 0.5) is 5.13 Å². The number of carbonyl (C=O) groups is 1. The van der Waals surface area contributed by atoms with E-state index in [4.69, 9.17) is 0 Å².